The van der Waals surface area contributed by atoms with Crippen LogP contribution in [0.2, 0.25) is 0 Å². The highest BCUT2D eigenvalue weighted by Crippen LogP contribution is 2.07. The van der Waals surface area contributed by atoms with Crippen LogP contribution in [0, 0.1) is 0 Å². The van der Waals surface area contributed by atoms with Crippen molar-refractivity contribution in [3.63, 3.8) is 0 Å². The first-order valence-electron chi connectivity index (χ1n) is 6.99. The number of imide groups is 1. The molecule has 9 heteroatoms. The van der Waals surface area contributed by atoms with Gasteiger partial charge in [0.05, 0.1) is 12.1 Å². The van der Waals surface area contributed by atoms with Gasteiger partial charge in [-0.2, -0.15) is 0 Å². The van der Waals surface area contributed by atoms with Crippen molar-refractivity contribution in [2.24, 2.45) is 5.73 Å². The molecule has 0 saturated carbocycles. The third kappa shape index (κ3) is 7.58. The number of hydrogen-bond donors (Lipinski definition) is 4. The summed E-state index contributed by atoms with van der Waals surface area (Å²) >= 11 is 0. The molecule has 22 heavy (non-hydrogen) atoms. The van der Waals surface area contributed by atoms with Crippen molar-refractivity contribution < 1.29 is 19.1 Å². The van der Waals surface area contributed by atoms with Crippen LogP contribution in [0.4, 0.5) is 4.79 Å². The van der Waals surface area contributed by atoms with Crippen LogP contribution in [0.3, 0.4) is 0 Å². The zero-order valence-corrected chi connectivity index (χ0v) is 13.9. The van der Waals surface area contributed by atoms with E-state index >= 15 is 0 Å². The van der Waals surface area contributed by atoms with E-state index in [2.05, 4.69) is 16.0 Å². The second kappa shape index (κ2) is 8.92. The predicted molar refractivity (Wildman–Crippen MR) is 83.6 cm³/mol. The summed E-state index contributed by atoms with van der Waals surface area (Å²) in [5, 5.41) is 7.94. The van der Waals surface area contributed by atoms with Crippen LogP contribution in [-0.4, -0.2) is 48.7 Å². The van der Waals surface area contributed by atoms with Gasteiger partial charge in [-0.25, -0.2) is 4.79 Å². The molecule has 0 aliphatic carbocycles. The molecular formula is C13H25ClN4O4. The average Bonchev–Trinajstić information content (AvgIpc) is 2.06. The largest absolute Gasteiger partial charge is 0.444 e. The number of carbonyl (C=O) groups excluding carboxylic acids is 3. The lowest BCUT2D eigenvalue weighted by molar-refractivity contribution is -0.124. The van der Waals surface area contributed by atoms with Crippen molar-refractivity contribution in [3.05, 3.63) is 0 Å². The van der Waals surface area contributed by atoms with Gasteiger partial charge in [0.25, 0.3) is 0 Å². The van der Waals surface area contributed by atoms with E-state index in [4.69, 9.17) is 10.5 Å². The van der Waals surface area contributed by atoms with Gasteiger partial charge in [-0.3, -0.25) is 14.9 Å². The quantitative estimate of drug-likeness (QED) is 0.547. The molecule has 0 unspecified atom stereocenters. The topological polar surface area (TPSA) is 123 Å². The van der Waals surface area contributed by atoms with Crippen molar-refractivity contribution in [2.75, 3.05) is 13.1 Å². The first kappa shape index (κ1) is 20.6. The minimum atomic E-state index is -0.684. The molecule has 0 aromatic rings. The number of rotatable bonds is 2. The molecular weight excluding hydrogens is 312 g/mol. The summed E-state index contributed by atoms with van der Waals surface area (Å²) in [7, 11) is 0. The number of alkyl carbamates (subject to hydrolysis) is 1. The van der Waals surface area contributed by atoms with E-state index in [9.17, 15) is 14.4 Å². The summed E-state index contributed by atoms with van der Waals surface area (Å²) in [4.78, 5) is 32.5. The summed E-state index contributed by atoms with van der Waals surface area (Å²) in [5.74, 6) is -0.545. The Balaban J connectivity index is 0.000000465. The van der Waals surface area contributed by atoms with Crippen LogP contribution in [0.15, 0.2) is 0 Å². The molecule has 0 bridgehead atoms. The maximum atomic E-state index is 11.2. The van der Waals surface area contributed by atoms with Crippen LogP contribution in [-0.2, 0) is 14.3 Å². The van der Waals surface area contributed by atoms with Crippen LogP contribution >= 0.6 is 12.4 Å². The van der Waals surface area contributed by atoms with Gasteiger partial charge >= 0.3 is 6.09 Å². The number of nitrogens with two attached hydrogens (primary N) is 1. The normalized spacial score (nSPS) is 22.5. The Bertz CT molecular complexity index is 403. The number of amides is 3. The second-order valence-corrected chi connectivity index (χ2v) is 5.98. The maximum Gasteiger partial charge on any atom is 0.414 e. The van der Waals surface area contributed by atoms with Crippen LogP contribution in [0.1, 0.15) is 33.6 Å². The number of ether oxygens (including phenoxy) is 1. The molecule has 3 amide bonds. The Hall–Kier alpha value is -1.38. The van der Waals surface area contributed by atoms with E-state index in [-0.39, 0.29) is 36.3 Å². The highest BCUT2D eigenvalue weighted by atomic mass is 35.5. The smallest absolute Gasteiger partial charge is 0.414 e. The van der Waals surface area contributed by atoms with Crippen molar-refractivity contribution in [3.8, 4) is 0 Å². The minimum absolute atomic E-state index is 0. The van der Waals surface area contributed by atoms with E-state index in [1.807, 2.05) is 0 Å². The van der Waals surface area contributed by atoms with Crippen molar-refractivity contribution >= 4 is 30.3 Å². The van der Waals surface area contributed by atoms with Gasteiger partial charge in [-0.1, -0.05) is 0 Å². The number of halogens is 1. The van der Waals surface area contributed by atoms with Crippen LogP contribution in [0.5, 0.6) is 0 Å². The molecule has 0 aromatic heterocycles. The molecule has 0 aromatic carbocycles. The van der Waals surface area contributed by atoms with E-state index in [1.165, 1.54) is 0 Å². The highest BCUT2D eigenvalue weighted by Gasteiger charge is 2.27. The fraction of sp³-hybridized carbons (Fsp3) is 0.769. The van der Waals surface area contributed by atoms with E-state index in [1.54, 1.807) is 20.8 Å². The molecule has 128 valence electrons. The highest BCUT2D eigenvalue weighted by molar-refractivity contribution is 5.95. The predicted octanol–water partition coefficient (Wildman–Crippen LogP) is -0.345. The van der Waals surface area contributed by atoms with Gasteiger partial charge < -0.3 is 21.1 Å². The third-order valence-corrected chi connectivity index (χ3v) is 2.93. The van der Waals surface area contributed by atoms with Gasteiger partial charge in [0.15, 0.2) is 0 Å². The minimum Gasteiger partial charge on any atom is -0.444 e. The number of nitrogens with one attached hydrogen (secondary N) is 3. The lowest BCUT2D eigenvalue weighted by Gasteiger charge is -2.26. The summed E-state index contributed by atoms with van der Waals surface area (Å²) in [6.45, 7) is 7.01. The van der Waals surface area contributed by atoms with E-state index < -0.39 is 11.7 Å². The second-order valence-electron chi connectivity index (χ2n) is 5.98. The van der Waals surface area contributed by atoms with Gasteiger partial charge in [0.2, 0.25) is 11.8 Å². The van der Waals surface area contributed by atoms with Gasteiger partial charge in [-0.05, 0) is 46.7 Å². The molecule has 2 aliphatic rings. The van der Waals surface area contributed by atoms with E-state index in [0.29, 0.717) is 0 Å². The Labute approximate surface area is 136 Å². The Morgan fingerprint density at radius 2 is 1.55 bits per heavy atom. The first-order valence-corrected chi connectivity index (χ1v) is 6.99. The Kier molecular flexibility index (Phi) is 8.36. The molecule has 2 aliphatic heterocycles. The standard InChI is InChI=1S/C9H16N2O3.C4H8N2O.ClH/c1-9(2,3)14-8(13)11-7(12)6-4-5-10-6;5-4(7)3-1-2-6-3;/h6,10H,4-5H2,1-3H3,(H,11,12,13);3,6H,1-2H2,(H2,5,7);1H/t6-;3-;/m00./s1. The average molecular weight is 337 g/mol. The van der Waals surface area contributed by atoms with Gasteiger partial charge in [0.1, 0.15) is 5.60 Å². The molecule has 2 saturated heterocycles. The Morgan fingerprint density at radius 3 is 1.77 bits per heavy atom. The SMILES string of the molecule is CC(C)(C)OC(=O)NC(=O)[C@@H]1CCN1.Cl.NC(=O)[C@@H]1CCN1. The van der Waals surface area contributed by atoms with Crippen molar-refractivity contribution in [2.45, 2.75) is 51.3 Å². The lowest BCUT2D eigenvalue weighted by Crippen LogP contribution is -2.54. The molecule has 0 spiro atoms. The number of primary amides is 1. The van der Waals surface area contributed by atoms with Crippen molar-refractivity contribution in [1.29, 1.82) is 0 Å². The first-order chi connectivity index (χ1) is 9.69. The zero-order valence-electron chi connectivity index (χ0n) is 13.1. The van der Waals surface area contributed by atoms with Crippen LogP contribution in [0.25, 0.3) is 0 Å². The molecule has 8 nitrogen and oxygen atoms in total. The summed E-state index contributed by atoms with van der Waals surface area (Å²) in [6, 6.07) is -0.262. The third-order valence-electron chi connectivity index (χ3n) is 2.93. The monoisotopic (exact) mass is 336 g/mol. The summed E-state index contributed by atoms with van der Waals surface area (Å²) < 4.78 is 4.93. The molecule has 0 radical (unpaired) electrons. The van der Waals surface area contributed by atoms with Gasteiger partial charge in [0, 0.05) is 0 Å². The van der Waals surface area contributed by atoms with E-state index in [0.717, 1.165) is 25.9 Å². The summed E-state index contributed by atoms with van der Waals surface area (Å²) in [5.41, 5.74) is 4.32. The number of carbonyl (C=O) groups is 3. The molecule has 2 rings (SSSR count). The summed E-state index contributed by atoms with van der Waals surface area (Å²) in [6.07, 6.45) is 1.00. The number of hydrogen-bond acceptors (Lipinski definition) is 6. The van der Waals surface area contributed by atoms with Gasteiger partial charge in [-0.15, -0.1) is 12.4 Å². The zero-order chi connectivity index (χ0) is 16.0. The Morgan fingerprint density at radius 1 is 1.09 bits per heavy atom. The fourth-order valence-corrected chi connectivity index (χ4v) is 1.54. The molecule has 5 N–H and O–H groups in total. The molecule has 2 atom stereocenters. The lowest BCUT2D eigenvalue weighted by atomic mass is 10.1. The van der Waals surface area contributed by atoms with Crippen molar-refractivity contribution in [1.82, 2.24) is 16.0 Å². The fourth-order valence-electron chi connectivity index (χ4n) is 1.54. The maximum absolute atomic E-state index is 11.2. The molecule has 2 heterocycles. The molecule has 2 fully saturated rings. The van der Waals surface area contributed by atoms with Crippen LogP contribution < -0.4 is 21.7 Å².